The fraction of sp³-hybridized carbons (Fsp3) is 0.364. The van der Waals surface area contributed by atoms with Gasteiger partial charge < -0.3 is 19.5 Å². The number of carbonyl (C=O) groups is 2. The molecule has 0 saturated heterocycles. The highest BCUT2D eigenvalue weighted by molar-refractivity contribution is 5.92. The third kappa shape index (κ3) is 5.46. The zero-order chi connectivity index (χ0) is 21.5. The molecule has 1 aliphatic carbocycles. The first-order chi connectivity index (χ1) is 14.5. The maximum absolute atomic E-state index is 12.5. The number of nitrogens with one attached hydrogen (secondary N) is 1. The number of amides is 1. The van der Waals surface area contributed by atoms with Crippen LogP contribution in [-0.2, 0) is 16.0 Å². The van der Waals surface area contributed by atoms with E-state index in [1.807, 2.05) is 24.3 Å². The number of benzene rings is 2. The molecule has 1 aliphatic rings. The maximum atomic E-state index is 12.5. The van der Waals surface area contributed by atoms with Gasteiger partial charge in [0.25, 0.3) is 5.91 Å². The molecule has 0 spiro atoms. The number of ether oxygens (including phenoxy) is 3. The first-order valence-corrected chi connectivity index (χ1v) is 9.74. The van der Waals surface area contributed by atoms with Gasteiger partial charge in [-0.1, -0.05) is 24.3 Å². The van der Waals surface area contributed by atoms with Gasteiger partial charge in [0.2, 0.25) is 0 Å². The molecular weight excluding hydrogens is 396 g/mol. The lowest BCUT2D eigenvalue weighted by Crippen LogP contribution is -2.34. The van der Waals surface area contributed by atoms with Crippen LogP contribution in [0.25, 0.3) is 0 Å². The normalized spacial score (nSPS) is 15.3. The summed E-state index contributed by atoms with van der Waals surface area (Å²) >= 11 is 0. The molecule has 3 rings (SSSR count). The van der Waals surface area contributed by atoms with Gasteiger partial charge in [0.05, 0.1) is 18.2 Å². The lowest BCUT2D eigenvalue weighted by molar-refractivity contribution is -0.125. The number of halogens is 2. The quantitative estimate of drug-likeness (QED) is 0.654. The summed E-state index contributed by atoms with van der Waals surface area (Å²) in [6.45, 7) is -1.60. The minimum atomic E-state index is -3.02. The highest BCUT2D eigenvalue weighted by Gasteiger charge is 2.22. The van der Waals surface area contributed by atoms with Crippen LogP contribution in [0.15, 0.2) is 42.5 Å². The van der Waals surface area contributed by atoms with E-state index in [-0.39, 0.29) is 29.7 Å². The third-order valence-corrected chi connectivity index (χ3v) is 4.73. The van der Waals surface area contributed by atoms with Crippen LogP contribution < -0.4 is 14.8 Å². The highest BCUT2D eigenvalue weighted by atomic mass is 19.3. The van der Waals surface area contributed by atoms with Gasteiger partial charge in [-0.25, -0.2) is 4.79 Å². The minimum Gasteiger partial charge on any atom is -0.490 e. The highest BCUT2D eigenvalue weighted by Crippen LogP contribution is 2.31. The molecule has 0 bridgehead atoms. The maximum Gasteiger partial charge on any atom is 0.387 e. The summed E-state index contributed by atoms with van der Waals surface area (Å²) < 4.78 is 39.7. The van der Waals surface area contributed by atoms with Crippen molar-refractivity contribution in [2.45, 2.75) is 38.8 Å². The summed E-state index contributed by atoms with van der Waals surface area (Å²) in [5, 5.41) is 2.90. The minimum absolute atomic E-state index is 0.00415. The van der Waals surface area contributed by atoms with E-state index >= 15 is 0 Å². The summed E-state index contributed by atoms with van der Waals surface area (Å²) in [6.07, 6.45) is 2.76. The first kappa shape index (κ1) is 21.5. The number of alkyl halides is 2. The van der Waals surface area contributed by atoms with Crippen LogP contribution in [0.5, 0.6) is 11.5 Å². The van der Waals surface area contributed by atoms with Crippen molar-refractivity contribution in [3.63, 3.8) is 0 Å². The second-order valence-electron chi connectivity index (χ2n) is 6.76. The second-order valence-corrected chi connectivity index (χ2v) is 6.76. The third-order valence-electron chi connectivity index (χ3n) is 4.73. The smallest absolute Gasteiger partial charge is 0.387 e. The second kappa shape index (κ2) is 10.0. The molecule has 1 atom stereocenters. The van der Waals surface area contributed by atoms with Gasteiger partial charge in [0.15, 0.2) is 18.1 Å². The number of fused-ring (bicyclic) bond motifs is 1. The van der Waals surface area contributed by atoms with Crippen molar-refractivity contribution in [1.29, 1.82) is 0 Å². The van der Waals surface area contributed by atoms with E-state index in [1.165, 1.54) is 23.8 Å². The van der Waals surface area contributed by atoms with Gasteiger partial charge in [-0.3, -0.25) is 4.79 Å². The standard InChI is InChI=1S/C22H23F2NO5/c1-2-28-19-12-15(10-11-18(19)30-22(23)24)21(27)29-13-20(26)25-17-9-5-7-14-6-3-4-8-16(14)17/h3-4,6,8,10-12,17,22H,2,5,7,9,13H2,1H3,(H,25,26)/t17-/m0/s1. The van der Waals surface area contributed by atoms with Crippen molar-refractivity contribution >= 4 is 11.9 Å². The SMILES string of the molecule is CCOc1cc(C(=O)OCC(=O)N[C@H]2CCCc3ccccc32)ccc1OC(F)F. The Balaban J connectivity index is 1.59. The molecule has 0 unspecified atom stereocenters. The van der Waals surface area contributed by atoms with Gasteiger partial charge >= 0.3 is 12.6 Å². The van der Waals surface area contributed by atoms with Crippen LogP contribution in [-0.4, -0.2) is 31.7 Å². The number of hydrogen-bond donors (Lipinski definition) is 1. The van der Waals surface area contributed by atoms with Gasteiger partial charge in [0, 0.05) is 0 Å². The molecule has 0 aliphatic heterocycles. The molecule has 0 saturated carbocycles. The van der Waals surface area contributed by atoms with E-state index in [0.717, 1.165) is 24.8 Å². The molecule has 0 aromatic heterocycles. The molecule has 0 fully saturated rings. The van der Waals surface area contributed by atoms with Crippen molar-refractivity contribution < 1.29 is 32.6 Å². The monoisotopic (exact) mass is 419 g/mol. The summed E-state index contributed by atoms with van der Waals surface area (Å²) in [6, 6.07) is 11.6. The zero-order valence-corrected chi connectivity index (χ0v) is 16.5. The Bertz CT molecular complexity index is 903. The Morgan fingerprint density at radius 2 is 1.97 bits per heavy atom. The van der Waals surface area contributed by atoms with E-state index in [4.69, 9.17) is 9.47 Å². The van der Waals surface area contributed by atoms with Gasteiger partial charge in [0.1, 0.15) is 0 Å². The lowest BCUT2D eigenvalue weighted by atomic mass is 9.88. The van der Waals surface area contributed by atoms with Crippen LogP contribution in [0.2, 0.25) is 0 Å². The molecule has 0 heterocycles. The largest absolute Gasteiger partial charge is 0.490 e. The fourth-order valence-electron chi connectivity index (χ4n) is 3.45. The Labute approximate surface area is 173 Å². The van der Waals surface area contributed by atoms with E-state index in [0.29, 0.717) is 0 Å². The van der Waals surface area contributed by atoms with Crippen LogP contribution in [0.1, 0.15) is 47.3 Å². The Morgan fingerprint density at radius 1 is 1.17 bits per heavy atom. The van der Waals surface area contributed by atoms with Crippen molar-refractivity contribution in [3.05, 3.63) is 59.2 Å². The molecule has 30 heavy (non-hydrogen) atoms. The number of carbonyl (C=O) groups excluding carboxylic acids is 2. The molecule has 2 aromatic carbocycles. The van der Waals surface area contributed by atoms with Crippen molar-refractivity contribution in [1.82, 2.24) is 5.32 Å². The molecule has 1 amide bonds. The molecule has 6 nitrogen and oxygen atoms in total. The predicted molar refractivity (Wildman–Crippen MR) is 105 cm³/mol. The average Bonchev–Trinajstić information content (AvgIpc) is 2.73. The average molecular weight is 419 g/mol. The molecule has 8 heteroatoms. The Kier molecular flexibility index (Phi) is 7.21. The van der Waals surface area contributed by atoms with Gasteiger partial charge in [-0.15, -0.1) is 0 Å². The molecular formula is C22H23F2NO5. The van der Waals surface area contributed by atoms with Crippen LogP contribution >= 0.6 is 0 Å². The first-order valence-electron chi connectivity index (χ1n) is 9.74. The van der Waals surface area contributed by atoms with Crippen LogP contribution in [0.4, 0.5) is 8.78 Å². The van der Waals surface area contributed by atoms with E-state index in [1.54, 1.807) is 6.92 Å². The molecule has 0 radical (unpaired) electrons. The summed E-state index contributed by atoms with van der Waals surface area (Å²) in [4.78, 5) is 24.6. The number of rotatable bonds is 8. The van der Waals surface area contributed by atoms with Crippen molar-refractivity contribution in [2.75, 3.05) is 13.2 Å². The molecule has 160 valence electrons. The topological polar surface area (TPSA) is 73.9 Å². The Hall–Kier alpha value is -3.16. The summed E-state index contributed by atoms with van der Waals surface area (Å²) in [5.41, 5.74) is 2.36. The summed E-state index contributed by atoms with van der Waals surface area (Å²) in [5.74, 6) is -1.36. The molecule has 1 N–H and O–H groups in total. The molecule has 2 aromatic rings. The zero-order valence-electron chi connectivity index (χ0n) is 16.5. The van der Waals surface area contributed by atoms with Gasteiger partial charge in [-0.2, -0.15) is 8.78 Å². The van der Waals surface area contributed by atoms with E-state index < -0.39 is 25.1 Å². The number of esters is 1. The van der Waals surface area contributed by atoms with E-state index in [2.05, 4.69) is 10.1 Å². The van der Waals surface area contributed by atoms with Gasteiger partial charge in [-0.05, 0) is 55.5 Å². The number of aryl methyl sites for hydroxylation is 1. The Morgan fingerprint density at radius 3 is 2.73 bits per heavy atom. The van der Waals surface area contributed by atoms with E-state index in [9.17, 15) is 18.4 Å². The van der Waals surface area contributed by atoms with Crippen molar-refractivity contribution in [2.24, 2.45) is 0 Å². The fourth-order valence-corrected chi connectivity index (χ4v) is 3.45. The lowest BCUT2D eigenvalue weighted by Gasteiger charge is -2.26. The predicted octanol–water partition coefficient (Wildman–Crippen LogP) is 4.04. The summed E-state index contributed by atoms with van der Waals surface area (Å²) in [7, 11) is 0. The van der Waals surface area contributed by atoms with Crippen LogP contribution in [0.3, 0.4) is 0 Å². The number of hydrogen-bond acceptors (Lipinski definition) is 5. The van der Waals surface area contributed by atoms with Crippen molar-refractivity contribution in [3.8, 4) is 11.5 Å². The van der Waals surface area contributed by atoms with Crippen LogP contribution in [0, 0.1) is 0 Å².